The molecular formula is C14H15BrN2O2S. The Kier molecular flexibility index (Phi) is 4.77. The van der Waals surface area contributed by atoms with Crippen molar-refractivity contribution in [1.82, 2.24) is 4.98 Å². The number of nitrogens with one attached hydrogen (secondary N) is 1. The van der Waals surface area contributed by atoms with Gasteiger partial charge in [-0.3, -0.25) is 10.1 Å². The fourth-order valence-corrected chi connectivity index (χ4v) is 2.99. The number of carbonyl (C=O) groups excluding carboxylic acids is 1. The molecule has 1 heterocycles. The highest BCUT2D eigenvalue weighted by atomic mass is 79.9. The van der Waals surface area contributed by atoms with E-state index in [2.05, 4.69) is 26.2 Å². The summed E-state index contributed by atoms with van der Waals surface area (Å²) in [5, 5.41) is 3.34. The van der Waals surface area contributed by atoms with Crippen LogP contribution in [0.2, 0.25) is 0 Å². The fraction of sp³-hybridized carbons (Fsp3) is 0.286. The first-order valence-corrected chi connectivity index (χ1v) is 7.69. The molecule has 2 rings (SSSR count). The van der Waals surface area contributed by atoms with E-state index >= 15 is 0 Å². The maximum atomic E-state index is 11.8. The van der Waals surface area contributed by atoms with Crippen molar-refractivity contribution in [3.8, 4) is 5.75 Å². The SMILES string of the molecule is Cc1ccc(OCC(=O)Nc2nc(C)c(C)s2)c(Br)c1. The predicted octanol–water partition coefficient (Wildman–Crippen LogP) is 3.85. The number of aryl methyl sites for hydroxylation is 3. The van der Waals surface area contributed by atoms with Crippen LogP contribution in [0.25, 0.3) is 0 Å². The normalized spacial score (nSPS) is 10.4. The van der Waals surface area contributed by atoms with E-state index in [9.17, 15) is 4.79 Å². The first kappa shape index (κ1) is 15.0. The number of aromatic nitrogens is 1. The van der Waals surface area contributed by atoms with Gasteiger partial charge in [-0.1, -0.05) is 6.07 Å². The second kappa shape index (κ2) is 6.37. The number of anilines is 1. The molecule has 1 N–H and O–H groups in total. The second-order valence-electron chi connectivity index (χ2n) is 4.43. The molecule has 1 aromatic heterocycles. The van der Waals surface area contributed by atoms with Crippen LogP contribution >= 0.6 is 27.3 Å². The lowest BCUT2D eigenvalue weighted by molar-refractivity contribution is -0.118. The minimum absolute atomic E-state index is 0.0423. The van der Waals surface area contributed by atoms with Crippen LogP contribution in [0.5, 0.6) is 5.75 Å². The maximum Gasteiger partial charge on any atom is 0.264 e. The van der Waals surface area contributed by atoms with Gasteiger partial charge in [-0.15, -0.1) is 11.3 Å². The summed E-state index contributed by atoms with van der Waals surface area (Å²) in [7, 11) is 0. The Morgan fingerprint density at radius 2 is 2.15 bits per heavy atom. The average molecular weight is 355 g/mol. The first-order valence-electron chi connectivity index (χ1n) is 6.08. The van der Waals surface area contributed by atoms with Gasteiger partial charge in [0.05, 0.1) is 10.2 Å². The van der Waals surface area contributed by atoms with E-state index < -0.39 is 0 Å². The molecule has 1 amide bonds. The molecule has 4 nitrogen and oxygen atoms in total. The summed E-state index contributed by atoms with van der Waals surface area (Å²) >= 11 is 4.87. The van der Waals surface area contributed by atoms with Crippen molar-refractivity contribution < 1.29 is 9.53 Å². The molecule has 0 aliphatic heterocycles. The van der Waals surface area contributed by atoms with Crippen molar-refractivity contribution in [2.24, 2.45) is 0 Å². The molecule has 1 aromatic carbocycles. The highest BCUT2D eigenvalue weighted by molar-refractivity contribution is 9.10. The minimum Gasteiger partial charge on any atom is -0.483 e. The van der Waals surface area contributed by atoms with E-state index in [0.717, 1.165) is 20.6 Å². The van der Waals surface area contributed by atoms with Crippen LogP contribution in [0.1, 0.15) is 16.1 Å². The monoisotopic (exact) mass is 354 g/mol. The number of nitrogens with zero attached hydrogens (tertiary/aromatic N) is 1. The number of hydrogen-bond acceptors (Lipinski definition) is 4. The molecule has 0 unspecified atom stereocenters. The van der Waals surface area contributed by atoms with E-state index in [1.165, 1.54) is 11.3 Å². The lowest BCUT2D eigenvalue weighted by Crippen LogP contribution is -2.20. The molecule has 0 saturated heterocycles. The van der Waals surface area contributed by atoms with Crippen molar-refractivity contribution in [3.05, 3.63) is 38.8 Å². The lowest BCUT2D eigenvalue weighted by atomic mass is 10.2. The van der Waals surface area contributed by atoms with Crippen molar-refractivity contribution in [2.75, 3.05) is 11.9 Å². The van der Waals surface area contributed by atoms with Crippen LogP contribution < -0.4 is 10.1 Å². The van der Waals surface area contributed by atoms with Crippen LogP contribution in [0.3, 0.4) is 0 Å². The van der Waals surface area contributed by atoms with Crippen molar-refractivity contribution >= 4 is 38.3 Å². The van der Waals surface area contributed by atoms with Crippen LogP contribution in [0.15, 0.2) is 22.7 Å². The zero-order valence-corrected chi connectivity index (χ0v) is 13.9. The number of carbonyl (C=O) groups is 1. The number of thiazole rings is 1. The van der Waals surface area contributed by atoms with Gasteiger partial charge in [0.2, 0.25) is 0 Å². The van der Waals surface area contributed by atoms with Crippen LogP contribution in [-0.2, 0) is 4.79 Å². The van der Waals surface area contributed by atoms with Crippen LogP contribution in [0.4, 0.5) is 5.13 Å². The maximum absolute atomic E-state index is 11.8. The van der Waals surface area contributed by atoms with Gasteiger partial charge >= 0.3 is 0 Å². The summed E-state index contributed by atoms with van der Waals surface area (Å²) in [4.78, 5) is 17.2. The van der Waals surface area contributed by atoms with Crippen LogP contribution in [0, 0.1) is 20.8 Å². The molecule has 0 aliphatic rings. The molecule has 0 aliphatic carbocycles. The Bertz CT molecular complexity index is 621. The number of halogens is 1. The van der Waals surface area contributed by atoms with Gasteiger partial charge < -0.3 is 4.74 Å². The Balaban J connectivity index is 1.92. The largest absolute Gasteiger partial charge is 0.483 e. The number of benzene rings is 1. The summed E-state index contributed by atoms with van der Waals surface area (Å²) in [6, 6.07) is 5.72. The molecular weight excluding hydrogens is 340 g/mol. The van der Waals surface area contributed by atoms with Crippen molar-refractivity contribution in [1.29, 1.82) is 0 Å². The Labute approximate surface area is 130 Å². The van der Waals surface area contributed by atoms with Gasteiger partial charge in [-0.2, -0.15) is 0 Å². The van der Waals surface area contributed by atoms with Gasteiger partial charge in [-0.05, 0) is 54.4 Å². The smallest absolute Gasteiger partial charge is 0.264 e. The molecule has 0 saturated carbocycles. The van der Waals surface area contributed by atoms with Gasteiger partial charge in [-0.25, -0.2) is 4.98 Å². The lowest BCUT2D eigenvalue weighted by Gasteiger charge is -2.08. The minimum atomic E-state index is -0.216. The predicted molar refractivity (Wildman–Crippen MR) is 84.6 cm³/mol. The third-order valence-electron chi connectivity index (χ3n) is 2.72. The molecule has 0 bridgehead atoms. The van der Waals surface area contributed by atoms with Gasteiger partial charge in [0.1, 0.15) is 5.75 Å². The van der Waals surface area contributed by atoms with E-state index in [1.54, 1.807) is 0 Å². The van der Waals surface area contributed by atoms with E-state index in [4.69, 9.17) is 4.74 Å². The third kappa shape index (κ3) is 3.80. The first-order chi connectivity index (χ1) is 9.45. The second-order valence-corrected chi connectivity index (χ2v) is 6.49. The average Bonchev–Trinajstić information content (AvgIpc) is 2.67. The topological polar surface area (TPSA) is 51.2 Å². The number of ether oxygens (including phenoxy) is 1. The molecule has 0 atom stereocenters. The highest BCUT2D eigenvalue weighted by Gasteiger charge is 2.09. The Morgan fingerprint density at radius 3 is 2.75 bits per heavy atom. The zero-order valence-electron chi connectivity index (χ0n) is 11.5. The number of hydrogen-bond donors (Lipinski definition) is 1. The van der Waals surface area contributed by atoms with Crippen LogP contribution in [-0.4, -0.2) is 17.5 Å². The zero-order chi connectivity index (χ0) is 14.7. The third-order valence-corrected chi connectivity index (χ3v) is 4.33. The van der Waals surface area contributed by atoms with E-state index in [0.29, 0.717) is 10.9 Å². The summed E-state index contributed by atoms with van der Waals surface area (Å²) in [6.07, 6.45) is 0. The summed E-state index contributed by atoms with van der Waals surface area (Å²) in [5.74, 6) is 0.434. The fourth-order valence-electron chi connectivity index (χ4n) is 1.55. The van der Waals surface area contributed by atoms with Gasteiger partial charge in [0, 0.05) is 4.88 Å². The number of rotatable bonds is 4. The summed E-state index contributed by atoms with van der Waals surface area (Å²) in [5.41, 5.74) is 2.06. The van der Waals surface area contributed by atoms with Crippen molar-refractivity contribution in [3.63, 3.8) is 0 Å². The molecule has 0 spiro atoms. The Hall–Kier alpha value is -1.40. The standard InChI is InChI=1S/C14H15BrN2O2S/c1-8-4-5-12(11(15)6-8)19-7-13(18)17-14-16-9(2)10(3)20-14/h4-6H,7H2,1-3H3,(H,16,17,18). The quantitative estimate of drug-likeness (QED) is 0.906. The molecule has 106 valence electrons. The van der Waals surface area contributed by atoms with Gasteiger partial charge in [0.25, 0.3) is 5.91 Å². The summed E-state index contributed by atoms with van der Waals surface area (Å²) in [6.45, 7) is 5.84. The van der Waals surface area contributed by atoms with Crippen molar-refractivity contribution in [2.45, 2.75) is 20.8 Å². The Morgan fingerprint density at radius 1 is 1.40 bits per heavy atom. The molecule has 0 fully saturated rings. The highest BCUT2D eigenvalue weighted by Crippen LogP contribution is 2.26. The summed E-state index contributed by atoms with van der Waals surface area (Å²) < 4.78 is 6.32. The number of amides is 1. The molecule has 20 heavy (non-hydrogen) atoms. The molecule has 2 aromatic rings. The van der Waals surface area contributed by atoms with E-state index in [-0.39, 0.29) is 12.5 Å². The molecule has 0 radical (unpaired) electrons. The van der Waals surface area contributed by atoms with E-state index in [1.807, 2.05) is 39.0 Å². The van der Waals surface area contributed by atoms with Gasteiger partial charge in [0.15, 0.2) is 11.7 Å². The molecule has 6 heteroatoms.